The second-order valence-electron chi connectivity index (χ2n) is 11.9. The van der Waals surface area contributed by atoms with Gasteiger partial charge < -0.3 is 14.9 Å². The normalized spacial score (nSPS) is 14.9. The third-order valence-corrected chi connectivity index (χ3v) is 8.93. The quantitative estimate of drug-likeness (QED) is 0.226. The maximum atomic E-state index is 16.1. The number of anilines is 2. The summed E-state index contributed by atoms with van der Waals surface area (Å²) in [5.74, 6) is -6.49. The summed E-state index contributed by atoms with van der Waals surface area (Å²) in [5, 5.41) is 25.7. The molecule has 1 aliphatic rings. The summed E-state index contributed by atoms with van der Waals surface area (Å²) in [6, 6.07) is 19.9. The Bertz CT molecular complexity index is 2150. The lowest BCUT2D eigenvalue weighted by atomic mass is 9.84. The topological polar surface area (TPSA) is 123 Å². The zero-order chi connectivity index (χ0) is 35.0. The van der Waals surface area contributed by atoms with E-state index < -0.39 is 41.0 Å². The van der Waals surface area contributed by atoms with Gasteiger partial charge in [-0.05, 0) is 70.6 Å². The van der Waals surface area contributed by atoms with Gasteiger partial charge in [-0.1, -0.05) is 18.2 Å². The molecule has 1 atom stereocenters. The fourth-order valence-corrected chi connectivity index (χ4v) is 6.10. The van der Waals surface area contributed by atoms with Gasteiger partial charge in [-0.3, -0.25) is 4.98 Å². The molecule has 1 N–H and O–H groups in total. The molecule has 7 rings (SSSR count). The van der Waals surface area contributed by atoms with Gasteiger partial charge in [0.05, 0.1) is 12.2 Å². The van der Waals surface area contributed by atoms with E-state index in [0.29, 0.717) is 11.6 Å². The maximum Gasteiger partial charge on any atom is 0.350 e. The van der Waals surface area contributed by atoms with E-state index >= 15 is 8.78 Å². The molecule has 0 amide bonds. The smallest absolute Gasteiger partial charge is 0.350 e. The van der Waals surface area contributed by atoms with Crippen LogP contribution in [0.4, 0.5) is 28.9 Å². The molecular formula is C34H30F4N10O2. The second-order valence-corrected chi connectivity index (χ2v) is 11.9. The van der Waals surface area contributed by atoms with Crippen molar-refractivity contribution in [3.8, 4) is 16.8 Å². The number of nitrogens with zero attached hydrogens (tertiary/aromatic N) is 10. The Morgan fingerprint density at radius 1 is 0.800 bits per heavy atom. The molecule has 1 aliphatic heterocycles. The molecule has 1 unspecified atom stereocenters. The third-order valence-electron chi connectivity index (χ3n) is 8.93. The largest absolute Gasteiger partial charge is 0.377 e. The highest BCUT2D eigenvalue weighted by Gasteiger charge is 2.58. The Morgan fingerprint density at radius 3 is 1.96 bits per heavy atom. The van der Waals surface area contributed by atoms with E-state index in [0.717, 1.165) is 78.0 Å². The lowest BCUT2D eigenvalue weighted by Gasteiger charge is -2.37. The number of halogens is 4. The van der Waals surface area contributed by atoms with Gasteiger partial charge in [0.25, 0.3) is 0 Å². The van der Waals surface area contributed by atoms with Gasteiger partial charge in [-0.15, -0.1) is 5.10 Å². The van der Waals surface area contributed by atoms with Crippen molar-refractivity contribution in [2.24, 2.45) is 7.05 Å². The molecule has 0 saturated carbocycles. The average Bonchev–Trinajstić information content (AvgIpc) is 3.77. The second kappa shape index (κ2) is 12.9. The number of hydrogen-bond donors (Lipinski definition) is 1. The molecule has 3 aromatic heterocycles. The van der Waals surface area contributed by atoms with E-state index in [1.807, 2.05) is 48.5 Å². The fraction of sp³-hybridized carbons (Fsp3) is 0.235. The van der Waals surface area contributed by atoms with Crippen LogP contribution >= 0.6 is 0 Å². The number of piperazine rings is 1. The Kier molecular flexibility index (Phi) is 8.39. The number of aromatic nitrogens is 8. The molecule has 256 valence electrons. The maximum absolute atomic E-state index is 16.1. The molecule has 1 fully saturated rings. The first kappa shape index (κ1) is 32.6. The summed E-state index contributed by atoms with van der Waals surface area (Å²) in [4.78, 5) is 20.7. The predicted molar refractivity (Wildman–Crippen MR) is 175 cm³/mol. The molecule has 6 aromatic rings. The SMILES string of the molecule is Cn1ncn(-c2ccc(N3CCN(c4ccc(-c5ccc(C(F)(F)C(O)(Cn6cnnn6)c6ccc(F)cc6F)nc5)cc4)CC3)cc2)c1=O. The molecule has 0 spiro atoms. The van der Waals surface area contributed by atoms with Crippen molar-refractivity contribution in [3.05, 3.63) is 131 Å². The highest BCUT2D eigenvalue weighted by molar-refractivity contribution is 5.66. The van der Waals surface area contributed by atoms with Crippen LogP contribution in [0.15, 0.2) is 103 Å². The van der Waals surface area contributed by atoms with Gasteiger partial charge >= 0.3 is 11.6 Å². The van der Waals surface area contributed by atoms with Gasteiger partial charge in [0.1, 0.15) is 30.0 Å². The third kappa shape index (κ3) is 5.97. The van der Waals surface area contributed by atoms with Crippen molar-refractivity contribution in [2.75, 3.05) is 36.0 Å². The fourth-order valence-electron chi connectivity index (χ4n) is 6.10. The predicted octanol–water partition coefficient (Wildman–Crippen LogP) is 3.90. The van der Waals surface area contributed by atoms with E-state index in [4.69, 9.17) is 0 Å². The average molecular weight is 687 g/mol. The minimum atomic E-state index is -4.15. The molecule has 3 aromatic carbocycles. The van der Waals surface area contributed by atoms with Crippen LogP contribution in [-0.4, -0.2) is 70.8 Å². The van der Waals surface area contributed by atoms with Crippen LogP contribution in [0.2, 0.25) is 0 Å². The molecule has 12 nitrogen and oxygen atoms in total. The molecule has 4 heterocycles. The van der Waals surface area contributed by atoms with Crippen molar-refractivity contribution in [1.82, 2.24) is 39.5 Å². The van der Waals surface area contributed by atoms with Crippen LogP contribution in [0.3, 0.4) is 0 Å². The van der Waals surface area contributed by atoms with Gasteiger partial charge in [0.15, 0.2) is 5.60 Å². The van der Waals surface area contributed by atoms with E-state index in [-0.39, 0.29) is 5.69 Å². The number of rotatable bonds is 9. The Labute approximate surface area is 282 Å². The van der Waals surface area contributed by atoms with Crippen LogP contribution in [-0.2, 0) is 25.1 Å². The molecule has 0 bridgehead atoms. The van der Waals surface area contributed by atoms with Crippen LogP contribution in [0.25, 0.3) is 16.8 Å². The minimum absolute atomic E-state index is 0.213. The van der Waals surface area contributed by atoms with E-state index in [2.05, 4.69) is 35.4 Å². The molecule has 0 aliphatic carbocycles. The van der Waals surface area contributed by atoms with Crippen LogP contribution in [0, 0.1) is 11.6 Å². The van der Waals surface area contributed by atoms with E-state index in [9.17, 15) is 18.7 Å². The van der Waals surface area contributed by atoms with Crippen LogP contribution in [0.1, 0.15) is 11.3 Å². The van der Waals surface area contributed by atoms with Crippen molar-refractivity contribution in [1.29, 1.82) is 0 Å². The van der Waals surface area contributed by atoms with Gasteiger partial charge in [-0.2, -0.15) is 13.9 Å². The van der Waals surface area contributed by atoms with Gasteiger partial charge in [-0.25, -0.2) is 27.5 Å². The standard InChI is InChI=1S/C34H30F4N10O2/c1-44-32(49)48(22-41-44)28-10-8-27(9-11-28)46-16-14-45(15-17-46)26-6-2-23(3-7-26)24-4-13-31(39-19-24)34(37,38)33(50,20-47-21-40-42-43-47)29-12-5-25(35)18-30(29)36/h2-13,18-19,21-22,50H,14-17,20H2,1H3. The van der Waals surface area contributed by atoms with Crippen molar-refractivity contribution in [2.45, 2.75) is 18.1 Å². The Balaban J connectivity index is 1.03. The van der Waals surface area contributed by atoms with Crippen LogP contribution < -0.4 is 15.5 Å². The summed E-state index contributed by atoms with van der Waals surface area (Å²) >= 11 is 0. The molecular weight excluding hydrogens is 656 g/mol. The number of hydrogen-bond acceptors (Lipinski definition) is 9. The Morgan fingerprint density at radius 2 is 1.42 bits per heavy atom. The first-order valence-electron chi connectivity index (χ1n) is 15.6. The van der Waals surface area contributed by atoms with E-state index in [1.165, 1.54) is 27.8 Å². The summed E-state index contributed by atoms with van der Waals surface area (Å²) in [5.41, 5.74) is -1.00. The zero-order valence-electron chi connectivity index (χ0n) is 26.6. The summed E-state index contributed by atoms with van der Waals surface area (Å²) in [6.07, 6.45) is 3.75. The van der Waals surface area contributed by atoms with Crippen molar-refractivity contribution in [3.63, 3.8) is 0 Å². The number of alkyl halides is 2. The van der Waals surface area contributed by atoms with Crippen LogP contribution in [0.5, 0.6) is 0 Å². The summed E-state index contributed by atoms with van der Waals surface area (Å²) < 4.78 is 64.3. The van der Waals surface area contributed by atoms with Gasteiger partial charge in [0, 0.05) is 68.0 Å². The monoisotopic (exact) mass is 686 g/mol. The number of pyridine rings is 1. The Hall–Kier alpha value is -5.90. The summed E-state index contributed by atoms with van der Waals surface area (Å²) in [6.45, 7) is 2.19. The number of tetrazole rings is 1. The number of aryl methyl sites for hydroxylation is 1. The lowest BCUT2D eigenvalue weighted by Crippen LogP contribution is -2.48. The molecule has 16 heteroatoms. The number of aliphatic hydroxyl groups is 1. The highest BCUT2D eigenvalue weighted by Crippen LogP contribution is 2.47. The van der Waals surface area contributed by atoms with Gasteiger partial charge in [0.2, 0.25) is 0 Å². The molecule has 0 radical (unpaired) electrons. The summed E-state index contributed by atoms with van der Waals surface area (Å²) in [7, 11) is 1.60. The van der Waals surface area contributed by atoms with Crippen molar-refractivity contribution >= 4 is 11.4 Å². The molecule has 1 saturated heterocycles. The zero-order valence-corrected chi connectivity index (χ0v) is 26.6. The van der Waals surface area contributed by atoms with Crippen molar-refractivity contribution < 1.29 is 22.7 Å². The van der Waals surface area contributed by atoms with E-state index in [1.54, 1.807) is 7.05 Å². The molecule has 50 heavy (non-hydrogen) atoms. The number of benzene rings is 3. The first-order valence-corrected chi connectivity index (χ1v) is 15.6. The minimum Gasteiger partial charge on any atom is -0.377 e. The lowest BCUT2D eigenvalue weighted by molar-refractivity contribution is -0.207. The first-order chi connectivity index (χ1) is 24.0. The highest BCUT2D eigenvalue weighted by atomic mass is 19.3.